The molecule has 7 heteroatoms. The SMILES string of the molecule is CCCCC(CC)C(=O)N1CCC(N2CCCC(Nc3nccc(N4CCCCCC4)n3)C2)CC1. The van der Waals surface area contributed by atoms with E-state index in [9.17, 15) is 4.79 Å². The van der Waals surface area contributed by atoms with Crippen molar-refractivity contribution in [2.45, 2.75) is 103 Å². The monoisotopic (exact) mass is 484 g/mol. The number of likely N-dealkylation sites (tertiary alicyclic amines) is 2. The Balaban J connectivity index is 1.27. The molecule has 3 aliphatic heterocycles. The Morgan fingerprint density at radius 1 is 1.03 bits per heavy atom. The first-order valence-corrected chi connectivity index (χ1v) is 14.5. The van der Waals surface area contributed by atoms with Gasteiger partial charge in [-0.3, -0.25) is 9.69 Å². The normalized spacial score (nSPS) is 23.7. The van der Waals surface area contributed by atoms with Gasteiger partial charge in [-0.05, 0) is 64.0 Å². The number of nitrogens with zero attached hydrogens (tertiary/aromatic N) is 5. The Morgan fingerprint density at radius 2 is 1.80 bits per heavy atom. The van der Waals surface area contributed by atoms with Gasteiger partial charge in [-0.25, -0.2) is 4.98 Å². The van der Waals surface area contributed by atoms with Gasteiger partial charge in [-0.1, -0.05) is 39.5 Å². The molecular weight excluding hydrogens is 436 g/mol. The van der Waals surface area contributed by atoms with Gasteiger partial charge >= 0.3 is 0 Å². The molecule has 0 saturated carbocycles. The minimum atomic E-state index is 0.222. The Kier molecular flexibility index (Phi) is 10.0. The van der Waals surface area contributed by atoms with Gasteiger partial charge in [0.25, 0.3) is 0 Å². The van der Waals surface area contributed by atoms with Gasteiger partial charge in [0.05, 0.1) is 0 Å². The highest BCUT2D eigenvalue weighted by atomic mass is 16.2. The average Bonchev–Trinajstić information content (AvgIpc) is 3.19. The lowest BCUT2D eigenvalue weighted by molar-refractivity contribution is -0.137. The number of carbonyl (C=O) groups excluding carboxylic acids is 1. The maximum atomic E-state index is 13.0. The molecular formula is C28H48N6O. The van der Waals surface area contributed by atoms with Crippen LogP contribution in [0.15, 0.2) is 12.3 Å². The summed E-state index contributed by atoms with van der Waals surface area (Å²) in [6, 6.07) is 3.04. The molecule has 196 valence electrons. The zero-order valence-electron chi connectivity index (χ0n) is 22.3. The number of amides is 1. The number of aromatic nitrogens is 2. The van der Waals surface area contributed by atoms with Crippen LogP contribution in [0.5, 0.6) is 0 Å². The zero-order valence-corrected chi connectivity index (χ0v) is 22.3. The van der Waals surface area contributed by atoms with E-state index < -0.39 is 0 Å². The molecule has 4 rings (SSSR count). The van der Waals surface area contributed by atoms with Crippen LogP contribution in [0.2, 0.25) is 0 Å². The van der Waals surface area contributed by atoms with Gasteiger partial charge in [0, 0.05) is 56.9 Å². The van der Waals surface area contributed by atoms with Crippen LogP contribution in [-0.4, -0.2) is 77.0 Å². The number of hydrogen-bond donors (Lipinski definition) is 1. The average molecular weight is 485 g/mol. The fourth-order valence-corrected chi connectivity index (χ4v) is 6.20. The van der Waals surface area contributed by atoms with Crippen LogP contribution in [0.3, 0.4) is 0 Å². The molecule has 35 heavy (non-hydrogen) atoms. The van der Waals surface area contributed by atoms with Crippen molar-refractivity contribution >= 4 is 17.7 Å². The molecule has 0 spiro atoms. The second kappa shape index (κ2) is 13.4. The van der Waals surface area contributed by atoms with Gasteiger partial charge in [-0.15, -0.1) is 0 Å². The fourth-order valence-electron chi connectivity index (χ4n) is 6.20. The molecule has 2 unspecified atom stereocenters. The maximum Gasteiger partial charge on any atom is 0.225 e. The first kappa shape index (κ1) is 26.2. The van der Waals surface area contributed by atoms with E-state index in [1.165, 1.54) is 51.5 Å². The number of carbonyl (C=O) groups is 1. The summed E-state index contributed by atoms with van der Waals surface area (Å²) in [5, 5.41) is 3.66. The number of piperidine rings is 2. The number of hydrogen-bond acceptors (Lipinski definition) is 6. The molecule has 1 aromatic rings. The molecule has 1 N–H and O–H groups in total. The molecule has 0 aromatic carbocycles. The van der Waals surface area contributed by atoms with Crippen LogP contribution in [0.4, 0.5) is 11.8 Å². The predicted octanol–water partition coefficient (Wildman–Crippen LogP) is 4.94. The summed E-state index contributed by atoms with van der Waals surface area (Å²) >= 11 is 0. The third kappa shape index (κ3) is 7.31. The van der Waals surface area contributed by atoms with Crippen LogP contribution in [-0.2, 0) is 4.79 Å². The number of rotatable bonds is 9. The third-order valence-corrected chi connectivity index (χ3v) is 8.40. The lowest BCUT2D eigenvalue weighted by Crippen LogP contribution is -2.52. The van der Waals surface area contributed by atoms with E-state index in [1.54, 1.807) is 0 Å². The first-order chi connectivity index (χ1) is 17.2. The minimum Gasteiger partial charge on any atom is -0.356 e. The van der Waals surface area contributed by atoms with E-state index in [4.69, 9.17) is 4.98 Å². The first-order valence-electron chi connectivity index (χ1n) is 14.5. The highest BCUT2D eigenvalue weighted by Crippen LogP contribution is 2.25. The molecule has 2 atom stereocenters. The van der Waals surface area contributed by atoms with Crippen LogP contribution in [0, 0.1) is 5.92 Å². The van der Waals surface area contributed by atoms with E-state index in [0.29, 0.717) is 18.0 Å². The number of anilines is 2. The van der Waals surface area contributed by atoms with Crippen LogP contribution >= 0.6 is 0 Å². The molecule has 0 aliphatic carbocycles. The van der Waals surface area contributed by atoms with E-state index in [0.717, 1.165) is 76.6 Å². The minimum absolute atomic E-state index is 0.222. The Bertz CT molecular complexity index is 772. The number of nitrogens with one attached hydrogen (secondary N) is 1. The van der Waals surface area contributed by atoms with Crippen molar-refractivity contribution < 1.29 is 4.79 Å². The summed E-state index contributed by atoms with van der Waals surface area (Å²) in [6.07, 6.45) is 16.0. The summed E-state index contributed by atoms with van der Waals surface area (Å²) in [5.74, 6) is 2.47. The van der Waals surface area contributed by atoms with Crippen molar-refractivity contribution in [2.24, 2.45) is 5.92 Å². The van der Waals surface area contributed by atoms with E-state index in [2.05, 4.69) is 44.9 Å². The van der Waals surface area contributed by atoms with Gasteiger partial charge in [0.2, 0.25) is 11.9 Å². The van der Waals surface area contributed by atoms with Crippen LogP contribution in [0.1, 0.15) is 90.9 Å². The van der Waals surface area contributed by atoms with E-state index >= 15 is 0 Å². The molecule has 7 nitrogen and oxygen atoms in total. The summed E-state index contributed by atoms with van der Waals surface area (Å²) < 4.78 is 0. The molecule has 4 heterocycles. The number of unbranched alkanes of at least 4 members (excludes halogenated alkanes) is 1. The van der Waals surface area contributed by atoms with Crippen molar-refractivity contribution in [3.05, 3.63) is 12.3 Å². The molecule has 3 aliphatic rings. The second-order valence-electron chi connectivity index (χ2n) is 10.9. The lowest BCUT2D eigenvalue weighted by Gasteiger charge is -2.43. The molecule has 0 bridgehead atoms. The standard InChI is InChI=1S/C28H48N6O/c1-3-5-11-23(4-2)27(35)33-20-14-25(15-21-33)34-19-10-12-24(22-34)30-28-29-16-13-26(31-28)32-17-8-6-7-9-18-32/h13,16,23-25H,3-12,14-15,17-22H2,1-2H3,(H,29,30,31). The van der Waals surface area contributed by atoms with Crippen molar-refractivity contribution in [3.8, 4) is 0 Å². The van der Waals surface area contributed by atoms with E-state index in [-0.39, 0.29) is 5.92 Å². The smallest absolute Gasteiger partial charge is 0.225 e. The molecule has 0 radical (unpaired) electrons. The fraction of sp³-hybridized carbons (Fsp3) is 0.821. The Hall–Kier alpha value is -1.89. The highest BCUT2D eigenvalue weighted by Gasteiger charge is 2.32. The summed E-state index contributed by atoms with van der Waals surface area (Å²) in [4.78, 5) is 29.7. The molecule has 3 fully saturated rings. The summed E-state index contributed by atoms with van der Waals surface area (Å²) in [5.41, 5.74) is 0. The van der Waals surface area contributed by atoms with Crippen molar-refractivity contribution in [1.82, 2.24) is 19.8 Å². The quantitative estimate of drug-likeness (QED) is 0.536. The molecule has 1 amide bonds. The second-order valence-corrected chi connectivity index (χ2v) is 10.9. The Labute approximate surface area is 213 Å². The van der Waals surface area contributed by atoms with Crippen molar-refractivity contribution in [1.29, 1.82) is 0 Å². The van der Waals surface area contributed by atoms with Gasteiger partial charge in [0.1, 0.15) is 5.82 Å². The topological polar surface area (TPSA) is 64.6 Å². The molecule has 3 saturated heterocycles. The largest absolute Gasteiger partial charge is 0.356 e. The van der Waals surface area contributed by atoms with Crippen LogP contribution < -0.4 is 10.2 Å². The van der Waals surface area contributed by atoms with Crippen molar-refractivity contribution in [3.63, 3.8) is 0 Å². The van der Waals surface area contributed by atoms with Gasteiger partial charge in [-0.2, -0.15) is 4.98 Å². The lowest BCUT2D eigenvalue weighted by atomic mass is 9.94. The Morgan fingerprint density at radius 3 is 2.51 bits per heavy atom. The van der Waals surface area contributed by atoms with Gasteiger partial charge < -0.3 is 15.1 Å². The zero-order chi connectivity index (χ0) is 24.5. The maximum absolute atomic E-state index is 13.0. The van der Waals surface area contributed by atoms with Gasteiger partial charge in [0.15, 0.2) is 0 Å². The third-order valence-electron chi connectivity index (χ3n) is 8.40. The predicted molar refractivity (Wildman–Crippen MR) is 144 cm³/mol. The van der Waals surface area contributed by atoms with Crippen LogP contribution in [0.25, 0.3) is 0 Å². The summed E-state index contributed by atoms with van der Waals surface area (Å²) in [6.45, 7) is 10.6. The van der Waals surface area contributed by atoms with Crippen molar-refractivity contribution in [2.75, 3.05) is 49.5 Å². The summed E-state index contributed by atoms with van der Waals surface area (Å²) in [7, 11) is 0. The highest BCUT2D eigenvalue weighted by molar-refractivity contribution is 5.78. The van der Waals surface area contributed by atoms with E-state index in [1.807, 2.05) is 6.20 Å². The molecule has 1 aromatic heterocycles.